The summed E-state index contributed by atoms with van der Waals surface area (Å²) in [7, 11) is 1.55. The second-order valence-electron chi connectivity index (χ2n) is 3.02. The summed E-state index contributed by atoms with van der Waals surface area (Å²) in [6, 6.07) is 4.82. The third-order valence-corrected chi connectivity index (χ3v) is 2.05. The molecule has 0 saturated carbocycles. The van der Waals surface area contributed by atoms with Gasteiger partial charge in [-0.2, -0.15) is 0 Å². The maximum Gasteiger partial charge on any atom is 0.127 e. The Morgan fingerprint density at radius 2 is 2.36 bits per heavy atom. The molecule has 0 radical (unpaired) electrons. The molecule has 76 valence electrons. The highest BCUT2D eigenvalue weighted by Crippen LogP contribution is 2.33. The molecule has 0 amide bonds. The molecule has 0 saturated heterocycles. The topological polar surface area (TPSA) is 55.5 Å². The fraction of sp³-hybridized carbons (Fsp3) is 0.273. The van der Waals surface area contributed by atoms with Crippen LogP contribution in [0.15, 0.2) is 30.9 Å². The van der Waals surface area contributed by atoms with Gasteiger partial charge in [0.05, 0.1) is 12.7 Å². The van der Waals surface area contributed by atoms with Gasteiger partial charge >= 0.3 is 0 Å². The summed E-state index contributed by atoms with van der Waals surface area (Å²) in [5.74, 6) is 0.776. The summed E-state index contributed by atoms with van der Waals surface area (Å²) in [5.41, 5.74) is 6.51. The molecule has 14 heavy (non-hydrogen) atoms. The minimum atomic E-state index is -0.274. The Labute approximate surface area is 83.8 Å². The van der Waals surface area contributed by atoms with E-state index in [9.17, 15) is 5.11 Å². The van der Waals surface area contributed by atoms with Crippen LogP contribution in [-0.4, -0.2) is 12.2 Å². The fourth-order valence-electron chi connectivity index (χ4n) is 1.38. The van der Waals surface area contributed by atoms with E-state index in [1.807, 2.05) is 0 Å². The molecule has 0 unspecified atom stereocenters. The minimum absolute atomic E-state index is 0.165. The van der Waals surface area contributed by atoms with Crippen molar-refractivity contribution < 1.29 is 9.84 Å². The zero-order chi connectivity index (χ0) is 10.6. The average molecular weight is 193 g/mol. The largest absolute Gasteiger partial charge is 0.507 e. The summed E-state index contributed by atoms with van der Waals surface area (Å²) >= 11 is 0. The van der Waals surface area contributed by atoms with Crippen molar-refractivity contribution in [3.8, 4) is 11.5 Å². The number of benzene rings is 1. The first-order chi connectivity index (χ1) is 6.70. The Balaban J connectivity index is 3.09. The van der Waals surface area contributed by atoms with Gasteiger partial charge in [-0.05, 0) is 18.6 Å². The SMILES string of the molecule is C=CC[C@@H](N)c1c(O)cccc1OC. The third kappa shape index (κ3) is 2.06. The monoisotopic (exact) mass is 193 g/mol. The van der Waals surface area contributed by atoms with Gasteiger partial charge in [0.1, 0.15) is 11.5 Å². The van der Waals surface area contributed by atoms with Crippen LogP contribution < -0.4 is 10.5 Å². The molecule has 1 rings (SSSR count). The quantitative estimate of drug-likeness (QED) is 0.719. The molecule has 1 atom stereocenters. The van der Waals surface area contributed by atoms with Gasteiger partial charge in [-0.15, -0.1) is 6.58 Å². The van der Waals surface area contributed by atoms with Crippen LogP contribution in [0.3, 0.4) is 0 Å². The second-order valence-corrected chi connectivity index (χ2v) is 3.02. The van der Waals surface area contributed by atoms with Crippen molar-refractivity contribution >= 4 is 0 Å². The molecule has 0 bridgehead atoms. The van der Waals surface area contributed by atoms with E-state index in [0.29, 0.717) is 17.7 Å². The summed E-state index contributed by atoms with van der Waals surface area (Å²) in [6.45, 7) is 3.61. The zero-order valence-corrected chi connectivity index (χ0v) is 8.23. The predicted molar refractivity (Wildman–Crippen MR) is 56.4 cm³/mol. The number of nitrogens with two attached hydrogens (primary N) is 1. The van der Waals surface area contributed by atoms with E-state index in [1.165, 1.54) is 0 Å². The van der Waals surface area contributed by atoms with Crippen LogP contribution >= 0.6 is 0 Å². The van der Waals surface area contributed by atoms with Gasteiger partial charge in [-0.3, -0.25) is 0 Å². The van der Waals surface area contributed by atoms with Crippen molar-refractivity contribution in [2.45, 2.75) is 12.5 Å². The van der Waals surface area contributed by atoms with Crippen molar-refractivity contribution in [1.82, 2.24) is 0 Å². The number of hydrogen-bond donors (Lipinski definition) is 2. The summed E-state index contributed by atoms with van der Waals surface area (Å²) in [4.78, 5) is 0. The smallest absolute Gasteiger partial charge is 0.127 e. The highest BCUT2D eigenvalue weighted by molar-refractivity contribution is 5.46. The lowest BCUT2D eigenvalue weighted by Gasteiger charge is -2.15. The second kappa shape index (κ2) is 4.67. The van der Waals surface area contributed by atoms with Gasteiger partial charge in [0, 0.05) is 6.04 Å². The van der Waals surface area contributed by atoms with Crippen molar-refractivity contribution in [3.63, 3.8) is 0 Å². The Morgan fingerprint density at radius 1 is 1.64 bits per heavy atom. The highest BCUT2D eigenvalue weighted by Gasteiger charge is 2.14. The molecule has 0 aromatic heterocycles. The first-order valence-corrected chi connectivity index (χ1v) is 4.43. The van der Waals surface area contributed by atoms with Gasteiger partial charge in [0.2, 0.25) is 0 Å². The van der Waals surface area contributed by atoms with Gasteiger partial charge in [0.25, 0.3) is 0 Å². The average Bonchev–Trinajstić information content (AvgIpc) is 2.17. The van der Waals surface area contributed by atoms with Crippen LogP contribution in [0.4, 0.5) is 0 Å². The van der Waals surface area contributed by atoms with Crippen molar-refractivity contribution in [3.05, 3.63) is 36.4 Å². The number of hydrogen-bond acceptors (Lipinski definition) is 3. The number of phenolic OH excluding ortho intramolecular Hbond substituents is 1. The lowest BCUT2D eigenvalue weighted by molar-refractivity contribution is 0.393. The zero-order valence-electron chi connectivity index (χ0n) is 8.23. The van der Waals surface area contributed by atoms with Gasteiger partial charge < -0.3 is 15.6 Å². The molecule has 0 heterocycles. The normalized spacial score (nSPS) is 12.1. The van der Waals surface area contributed by atoms with Gasteiger partial charge in [-0.1, -0.05) is 12.1 Å². The van der Waals surface area contributed by atoms with Crippen LogP contribution in [0.25, 0.3) is 0 Å². The van der Waals surface area contributed by atoms with Crippen molar-refractivity contribution in [2.75, 3.05) is 7.11 Å². The molecule has 1 aromatic carbocycles. The Morgan fingerprint density at radius 3 is 2.93 bits per heavy atom. The molecular formula is C11H15NO2. The summed E-state index contributed by atoms with van der Waals surface area (Å²) in [6.07, 6.45) is 2.32. The van der Waals surface area contributed by atoms with Gasteiger partial charge in [0.15, 0.2) is 0 Å². The number of methoxy groups -OCH3 is 1. The van der Waals surface area contributed by atoms with Crippen molar-refractivity contribution in [1.29, 1.82) is 0 Å². The molecule has 1 aromatic rings. The van der Waals surface area contributed by atoms with Crippen LogP contribution in [0.5, 0.6) is 11.5 Å². The Bertz CT molecular complexity index is 323. The Hall–Kier alpha value is -1.48. The number of ether oxygens (including phenoxy) is 1. The molecule has 0 aliphatic rings. The van der Waals surface area contributed by atoms with Crippen molar-refractivity contribution in [2.24, 2.45) is 5.73 Å². The van der Waals surface area contributed by atoms with Crippen LogP contribution in [0, 0.1) is 0 Å². The molecule has 0 aliphatic carbocycles. The van der Waals surface area contributed by atoms with Gasteiger partial charge in [-0.25, -0.2) is 0 Å². The maximum absolute atomic E-state index is 9.63. The highest BCUT2D eigenvalue weighted by atomic mass is 16.5. The minimum Gasteiger partial charge on any atom is -0.507 e. The molecule has 0 spiro atoms. The van der Waals surface area contributed by atoms with E-state index in [0.717, 1.165) is 0 Å². The molecule has 0 fully saturated rings. The van der Waals surface area contributed by atoms with E-state index >= 15 is 0 Å². The van der Waals surface area contributed by atoms with Crippen LogP contribution in [0.1, 0.15) is 18.0 Å². The maximum atomic E-state index is 9.63. The first-order valence-electron chi connectivity index (χ1n) is 4.43. The van der Waals surface area contributed by atoms with E-state index in [4.69, 9.17) is 10.5 Å². The Kier molecular flexibility index (Phi) is 3.54. The third-order valence-electron chi connectivity index (χ3n) is 2.05. The molecule has 3 heteroatoms. The van der Waals surface area contributed by atoms with E-state index < -0.39 is 0 Å². The van der Waals surface area contributed by atoms with E-state index in [1.54, 1.807) is 31.4 Å². The number of rotatable bonds is 4. The number of aromatic hydroxyl groups is 1. The van der Waals surface area contributed by atoms with Crippen LogP contribution in [-0.2, 0) is 0 Å². The molecule has 0 aliphatic heterocycles. The molecule has 3 N–H and O–H groups in total. The summed E-state index contributed by atoms with van der Waals surface area (Å²) in [5, 5.41) is 9.63. The predicted octanol–water partition coefficient (Wildman–Crippen LogP) is 1.98. The molecular weight excluding hydrogens is 178 g/mol. The lowest BCUT2D eigenvalue weighted by Crippen LogP contribution is -2.10. The fourth-order valence-corrected chi connectivity index (χ4v) is 1.38. The lowest BCUT2D eigenvalue weighted by atomic mass is 10.0. The molecule has 3 nitrogen and oxygen atoms in total. The van der Waals surface area contributed by atoms with E-state index in [2.05, 4.69) is 6.58 Å². The van der Waals surface area contributed by atoms with E-state index in [-0.39, 0.29) is 11.8 Å². The summed E-state index contributed by atoms with van der Waals surface area (Å²) < 4.78 is 5.12. The van der Waals surface area contributed by atoms with Crippen LogP contribution in [0.2, 0.25) is 0 Å². The standard InChI is InChI=1S/C11H15NO2/c1-3-5-8(12)11-9(13)6-4-7-10(11)14-2/h3-4,6-8,13H,1,5,12H2,2H3/t8-/m1/s1. The first kappa shape index (κ1) is 10.6. The number of phenols is 1.